The molecule has 0 atom stereocenters. The van der Waals surface area contributed by atoms with Crippen molar-refractivity contribution >= 4 is 22.9 Å². The molecule has 0 saturated heterocycles. The van der Waals surface area contributed by atoms with Gasteiger partial charge in [-0.05, 0) is 6.92 Å². The van der Waals surface area contributed by atoms with Crippen molar-refractivity contribution in [3.05, 3.63) is 52.0 Å². The minimum Gasteiger partial charge on any atom is -0.294 e. The number of aromatic nitrogens is 1. The summed E-state index contributed by atoms with van der Waals surface area (Å²) in [6, 6.07) is 7.21. The second-order valence-electron chi connectivity index (χ2n) is 3.76. The van der Waals surface area contributed by atoms with Crippen molar-refractivity contribution in [2.75, 3.05) is 0 Å². The Labute approximate surface area is 103 Å². The van der Waals surface area contributed by atoms with E-state index in [1.807, 2.05) is 19.1 Å². The molecule has 4 heteroatoms. The van der Waals surface area contributed by atoms with E-state index in [1.165, 1.54) is 11.3 Å². The minimum atomic E-state index is -0.225. The topological polar surface area (TPSA) is 47.0 Å². The molecule has 0 bridgehead atoms. The molecule has 0 aliphatic carbocycles. The zero-order valence-corrected chi connectivity index (χ0v) is 10.2. The number of Topliss-reactive ketones (excluding diaryl/α,β-unsaturated/α-hetero) is 2. The third-order valence-corrected chi connectivity index (χ3v) is 3.00. The molecule has 86 valence electrons. The normalized spacial score (nSPS) is 10.2. The summed E-state index contributed by atoms with van der Waals surface area (Å²) in [5, 5.41) is 1.66. The Morgan fingerprint density at radius 2 is 1.88 bits per heavy atom. The van der Waals surface area contributed by atoms with E-state index in [0.29, 0.717) is 11.3 Å². The lowest BCUT2D eigenvalue weighted by atomic mass is 10.0. The second kappa shape index (κ2) is 5.01. The summed E-state index contributed by atoms with van der Waals surface area (Å²) in [5.74, 6) is -0.389. The van der Waals surface area contributed by atoms with Gasteiger partial charge in [0.15, 0.2) is 11.6 Å². The van der Waals surface area contributed by atoms with Crippen LogP contribution in [0.1, 0.15) is 32.8 Å². The maximum atomic E-state index is 11.8. The standard InChI is InChI=1S/C13H11NO2S/c1-9-2-4-10(5-3-9)12(15)6-13(16)11-7-17-8-14-11/h2-5,7-8H,6H2,1H3. The molecule has 0 radical (unpaired) electrons. The molecular formula is C13H11NO2S. The minimum absolute atomic E-state index is 0.118. The number of carbonyl (C=O) groups is 2. The number of rotatable bonds is 4. The van der Waals surface area contributed by atoms with Gasteiger partial charge < -0.3 is 0 Å². The van der Waals surface area contributed by atoms with Gasteiger partial charge in [0.1, 0.15) is 5.69 Å². The summed E-state index contributed by atoms with van der Waals surface area (Å²) in [7, 11) is 0. The molecule has 1 aromatic carbocycles. The van der Waals surface area contributed by atoms with Gasteiger partial charge in [0.05, 0.1) is 11.9 Å². The Balaban J connectivity index is 2.07. The third kappa shape index (κ3) is 2.85. The van der Waals surface area contributed by atoms with E-state index in [4.69, 9.17) is 0 Å². The molecule has 0 amide bonds. The average Bonchev–Trinajstić information content (AvgIpc) is 2.83. The number of ketones is 2. The van der Waals surface area contributed by atoms with Gasteiger partial charge in [-0.15, -0.1) is 11.3 Å². The number of carbonyl (C=O) groups excluding carboxylic acids is 2. The monoisotopic (exact) mass is 245 g/mol. The van der Waals surface area contributed by atoms with E-state index in [1.54, 1.807) is 23.0 Å². The molecular weight excluding hydrogens is 234 g/mol. The first-order valence-electron chi connectivity index (χ1n) is 5.18. The molecule has 2 rings (SSSR count). The number of hydrogen-bond acceptors (Lipinski definition) is 4. The Kier molecular flexibility index (Phi) is 3.44. The first-order valence-corrected chi connectivity index (χ1v) is 6.12. The van der Waals surface area contributed by atoms with Gasteiger partial charge in [0, 0.05) is 10.9 Å². The highest BCUT2D eigenvalue weighted by Crippen LogP contribution is 2.10. The van der Waals surface area contributed by atoms with Crippen LogP contribution in [-0.2, 0) is 0 Å². The number of nitrogens with zero attached hydrogens (tertiary/aromatic N) is 1. The van der Waals surface area contributed by atoms with Crippen molar-refractivity contribution in [2.45, 2.75) is 13.3 Å². The fourth-order valence-corrected chi connectivity index (χ4v) is 1.98. The average molecular weight is 245 g/mol. The number of benzene rings is 1. The van der Waals surface area contributed by atoms with Gasteiger partial charge in [0.2, 0.25) is 0 Å². The summed E-state index contributed by atoms with van der Waals surface area (Å²) < 4.78 is 0. The summed E-state index contributed by atoms with van der Waals surface area (Å²) >= 11 is 1.35. The lowest BCUT2D eigenvalue weighted by Gasteiger charge is -1.99. The maximum absolute atomic E-state index is 11.8. The fourth-order valence-electron chi connectivity index (χ4n) is 1.43. The van der Waals surface area contributed by atoms with Gasteiger partial charge in [-0.3, -0.25) is 9.59 Å². The van der Waals surface area contributed by atoms with Gasteiger partial charge in [0.25, 0.3) is 0 Å². The number of thiazole rings is 1. The first-order chi connectivity index (χ1) is 8.16. The Hall–Kier alpha value is -1.81. The molecule has 0 unspecified atom stereocenters. The van der Waals surface area contributed by atoms with Gasteiger partial charge in [-0.2, -0.15) is 0 Å². The Bertz CT molecular complexity index is 529. The second-order valence-corrected chi connectivity index (χ2v) is 4.48. The molecule has 1 heterocycles. The molecule has 0 spiro atoms. The molecule has 17 heavy (non-hydrogen) atoms. The van der Waals surface area contributed by atoms with Crippen LogP contribution < -0.4 is 0 Å². The highest BCUT2D eigenvalue weighted by molar-refractivity contribution is 7.07. The lowest BCUT2D eigenvalue weighted by Crippen LogP contribution is -2.08. The molecule has 0 aliphatic heterocycles. The summed E-state index contributed by atoms with van der Waals surface area (Å²) in [6.07, 6.45) is -0.118. The van der Waals surface area contributed by atoms with E-state index in [9.17, 15) is 9.59 Å². The first kappa shape index (κ1) is 11.7. The van der Waals surface area contributed by atoms with Crippen LogP contribution in [0.4, 0.5) is 0 Å². The number of aryl methyl sites for hydroxylation is 1. The molecule has 1 aromatic heterocycles. The zero-order chi connectivity index (χ0) is 12.3. The maximum Gasteiger partial charge on any atom is 0.189 e. The summed E-state index contributed by atoms with van der Waals surface area (Å²) in [4.78, 5) is 27.4. The number of hydrogen-bond donors (Lipinski definition) is 0. The Morgan fingerprint density at radius 3 is 2.47 bits per heavy atom. The van der Waals surface area contributed by atoms with Crippen LogP contribution in [0.15, 0.2) is 35.2 Å². The van der Waals surface area contributed by atoms with Crippen molar-refractivity contribution in [3.8, 4) is 0 Å². The zero-order valence-electron chi connectivity index (χ0n) is 9.34. The fraction of sp³-hybridized carbons (Fsp3) is 0.154. The van der Waals surface area contributed by atoms with E-state index in [2.05, 4.69) is 4.98 Å². The predicted molar refractivity (Wildman–Crippen MR) is 66.6 cm³/mol. The van der Waals surface area contributed by atoms with Crippen LogP contribution >= 0.6 is 11.3 Å². The van der Waals surface area contributed by atoms with E-state index in [0.717, 1.165) is 5.56 Å². The van der Waals surface area contributed by atoms with Gasteiger partial charge in [-0.1, -0.05) is 29.8 Å². The largest absolute Gasteiger partial charge is 0.294 e. The smallest absolute Gasteiger partial charge is 0.189 e. The quantitative estimate of drug-likeness (QED) is 0.614. The predicted octanol–water partition coefficient (Wildman–Crippen LogP) is 2.91. The van der Waals surface area contributed by atoms with Crippen LogP contribution in [0.3, 0.4) is 0 Å². The van der Waals surface area contributed by atoms with Crippen LogP contribution in [0.2, 0.25) is 0 Å². The highest BCUT2D eigenvalue weighted by Gasteiger charge is 2.14. The molecule has 2 aromatic rings. The summed E-state index contributed by atoms with van der Waals surface area (Å²) in [6.45, 7) is 1.95. The SMILES string of the molecule is Cc1ccc(C(=O)CC(=O)c2cscn2)cc1. The molecule has 3 nitrogen and oxygen atoms in total. The molecule has 0 N–H and O–H groups in total. The van der Waals surface area contributed by atoms with Crippen molar-refractivity contribution < 1.29 is 9.59 Å². The van der Waals surface area contributed by atoms with Gasteiger partial charge in [-0.25, -0.2) is 4.98 Å². The van der Waals surface area contributed by atoms with Crippen molar-refractivity contribution in [3.63, 3.8) is 0 Å². The van der Waals surface area contributed by atoms with E-state index < -0.39 is 0 Å². The van der Waals surface area contributed by atoms with Crippen molar-refractivity contribution in [2.24, 2.45) is 0 Å². The molecule has 0 fully saturated rings. The highest BCUT2D eigenvalue weighted by atomic mass is 32.1. The Morgan fingerprint density at radius 1 is 1.18 bits per heavy atom. The van der Waals surface area contributed by atoms with Crippen molar-refractivity contribution in [1.29, 1.82) is 0 Å². The van der Waals surface area contributed by atoms with E-state index in [-0.39, 0.29) is 18.0 Å². The molecule has 0 saturated carbocycles. The van der Waals surface area contributed by atoms with Crippen LogP contribution in [0, 0.1) is 6.92 Å². The van der Waals surface area contributed by atoms with Gasteiger partial charge >= 0.3 is 0 Å². The molecule has 0 aliphatic rings. The van der Waals surface area contributed by atoms with Crippen LogP contribution in [0.5, 0.6) is 0 Å². The van der Waals surface area contributed by atoms with Crippen molar-refractivity contribution in [1.82, 2.24) is 4.98 Å². The van der Waals surface area contributed by atoms with E-state index >= 15 is 0 Å². The van der Waals surface area contributed by atoms with Crippen LogP contribution in [0.25, 0.3) is 0 Å². The third-order valence-electron chi connectivity index (χ3n) is 2.41. The van der Waals surface area contributed by atoms with Crippen LogP contribution in [-0.4, -0.2) is 16.6 Å². The lowest BCUT2D eigenvalue weighted by molar-refractivity contribution is 0.0892. The summed E-state index contributed by atoms with van der Waals surface area (Å²) in [5.41, 5.74) is 3.62.